The number of para-hydroxylation sites is 6. The second kappa shape index (κ2) is 27.1. The van der Waals surface area contributed by atoms with E-state index in [1.165, 1.54) is 158 Å². The van der Waals surface area contributed by atoms with Crippen molar-refractivity contribution >= 4 is 130 Å². The number of benzene rings is 19. The van der Waals surface area contributed by atoms with Crippen LogP contribution in [0.2, 0.25) is 0 Å². The van der Waals surface area contributed by atoms with Crippen molar-refractivity contribution in [3.8, 4) is 90.3 Å². The van der Waals surface area contributed by atoms with E-state index in [1.54, 1.807) is 0 Å². The van der Waals surface area contributed by atoms with Crippen molar-refractivity contribution in [3.63, 3.8) is 0 Å². The average molecular weight is 1480 g/mol. The highest BCUT2D eigenvalue weighted by atomic mass is 15.0. The number of hydrogen-bond acceptors (Lipinski definition) is 3. The van der Waals surface area contributed by atoms with Crippen LogP contribution in [0.15, 0.2) is 419 Å². The summed E-state index contributed by atoms with van der Waals surface area (Å²) in [7, 11) is 0. The molecule has 0 aliphatic rings. The predicted molar refractivity (Wildman–Crippen MR) is 486 cm³/mol. The fraction of sp³-hybridized carbons (Fsp3) is 0. The zero-order chi connectivity index (χ0) is 76.3. The molecule has 19 aromatic carbocycles. The molecule has 0 N–H and O–H groups in total. The molecule has 0 aliphatic heterocycles. The lowest BCUT2D eigenvalue weighted by molar-refractivity contribution is 1.07. The lowest BCUT2D eigenvalue weighted by atomic mass is 9.92. The fourth-order valence-corrected chi connectivity index (χ4v) is 18.3. The Hall–Kier alpha value is -15.6. The Morgan fingerprint density at radius 1 is 0.138 bits per heavy atom. The van der Waals surface area contributed by atoms with E-state index in [4.69, 9.17) is 15.0 Å². The molecule has 0 radical (unpaired) electrons. The van der Waals surface area contributed by atoms with Crippen molar-refractivity contribution < 1.29 is 0 Å². The first-order valence-corrected chi connectivity index (χ1v) is 39.6. The molecule has 0 fully saturated rings. The molecule has 116 heavy (non-hydrogen) atoms. The molecule has 5 aromatic heterocycles. The highest BCUT2D eigenvalue weighted by Gasteiger charge is 2.23. The summed E-state index contributed by atoms with van der Waals surface area (Å²) in [5, 5.41) is 19.8. The molecule has 0 bridgehead atoms. The molecule has 24 aromatic rings. The maximum absolute atomic E-state index is 5.07. The van der Waals surface area contributed by atoms with Crippen LogP contribution < -0.4 is 0 Å². The summed E-state index contributed by atoms with van der Waals surface area (Å²) >= 11 is 0. The lowest BCUT2D eigenvalue weighted by Crippen LogP contribution is -2.01. The van der Waals surface area contributed by atoms with Crippen molar-refractivity contribution in [2.75, 3.05) is 0 Å². The van der Waals surface area contributed by atoms with Crippen LogP contribution >= 0.6 is 0 Å². The third-order valence-electron chi connectivity index (χ3n) is 23.6. The molecule has 0 aliphatic carbocycles. The Kier molecular flexibility index (Phi) is 15.5. The number of nitrogens with zero attached hydrogens (tertiary/aromatic N) is 7. The van der Waals surface area contributed by atoms with E-state index in [2.05, 4.69) is 376 Å². The van der Waals surface area contributed by atoms with E-state index in [0.717, 1.165) is 44.8 Å². The van der Waals surface area contributed by atoms with Crippen molar-refractivity contribution in [3.05, 3.63) is 419 Å². The fourth-order valence-electron chi connectivity index (χ4n) is 18.3. The van der Waals surface area contributed by atoms with Gasteiger partial charge in [0, 0.05) is 82.5 Å². The quantitative estimate of drug-likeness (QED) is 0.128. The van der Waals surface area contributed by atoms with Gasteiger partial charge in [0.1, 0.15) is 0 Å². The Bertz CT molecular complexity index is 7980. The minimum absolute atomic E-state index is 0.627. The van der Waals surface area contributed by atoms with Gasteiger partial charge in [0.05, 0.1) is 44.1 Å². The summed E-state index contributed by atoms with van der Waals surface area (Å²) in [6.45, 7) is 0. The Labute approximate surface area is 668 Å². The number of aromatic nitrogens is 7. The van der Waals surface area contributed by atoms with Gasteiger partial charge < -0.3 is 18.3 Å². The molecule has 24 rings (SSSR count). The van der Waals surface area contributed by atoms with Crippen LogP contribution in [0.5, 0.6) is 0 Å². The molecule has 540 valence electrons. The third-order valence-corrected chi connectivity index (χ3v) is 23.6. The summed E-state index contributed by atoms with van der Waals surface area (Å²) < 4.78 is 9.58. The minimum Gasteiger partial charge on any atom is -0.309 e. The zero-order valence-corrected chi connectivity index (χ0v) is 63.0. The molecular formula is C109H69N7. The van der Waals surface area contributed by atoms with Crippen molar-refractivity contribution in [2.24, 2.45) is 0 Å². The topological polar surface area (TPSA) is 58.4 Å². The van der Waals surface area contributed by atoms with E-state index >= 15 is 0 Å². The zero-order valence-electron chi connectivity index (χ0n) is 63.0. The van der Waals surface area contributed by atoms with Gasteiger partial charge in [-0.2, -0.15) is 0 Å². The predicted octanol–water partition coefficient (Wildman–Crippen LogP) is 28.6. The van der Waals surface area contributed by atoms with E-state index < -0.39 is 0 Å². The smallest absolute Gasteiger partial charge is 0.164 e. The first kappa shape index (κ1) is 66.2. The van der Waals surface area contributed by atoms with Crippen molar-refractivity contribution in [1.29, 1.82) is 0 Å². The Morgan fingerprint density at radius 2 is 0.422 bits per heavy atom. The van der Waals surface area contributed by atoms with Crippen LogP contribution in [-0.4, -0.2) is 33.2 Å². The van der Waals surface area contributed by atoms with Crippen LogP contribution in [0, 0.1) is 0 Å². The van der Waals surface area contributed by atoms with Gasteiger partial charge in [-0.15, -0.1) is 0 Å². The van der Waals surface area contributed by atoms with E-state index in [1.807, 2.05) is 60.7 Å². The molecule has 5 heterocycles. The van der Waals surface area contributed by atoms with Crippen LogP contribution in [0.4, 0.5) is 0 Å². The van der Waals surface area contributed by atoms with Crippen LogP contribution in [0.3, 0.4) is 0 Å². The van der Waals surface area contributed by atoms with Crippen molar-refractivity contribution in [1.82, 2.24) is 33.2 Å². The highest BCUT2D eigenvalue weighted by Crippen LogP contribution is 2.46. The summed E-state index contributed by atoms with van der Waals surface area (Å²) in [6.07, 6.45) is 0. The molecule has 0 atom stereocenters. The minimum atomic E-state index is 0.627. The number of hydrogen-bond donors (Lipinski definition) is 0. The normalized spacial score (nSPS) is 11.8. The molecule has 0 spiro atoms. The maximum Gasteiger partial charge on any atom is 0.164 e. The van der Waals surface area contributed by atoms with Crippen molar-refractivity contribution in [2.45, 2.75) is 0 Å². The first-order valence-electron chi connectivity index (χ1n) is 39.6. The molecule has 7 nitrogen and oxygen atoms in total. The Morgan fingerprint density at radius 3 is 0.845 bits per heavy atom. The monoisotopic (exact) mass is 1480 g/mol. The second-order valence-electron chi connectivity index (χ2n) is 30.2. The maximum atomic E-state index is 5.07. The van der Waals surface area contributed by atoms with Gasteiger partial charge in [-0.25, -0.2) is 15.0 Å². The highest BCUT2D eigenvalue weighted by molar-refractivity contribution is 6.24. The molecule has 0 amide bonds. The van der Waals surface area contributed by atoms with Crippen LogP contribution in [0.1, 0.15) is 0 Å². The summed E-state index contributed by atoms with van der Waals surface area (Å²) in [6, 6.07) is 151. The van der Waals surface area contributed by atoms with Gasteiger partial charge in [0.2, 0.25) is 0 Å². The SMILES string of the molecule is c1ccc(-c2ccc(-n3c4ccccc4c4cc5cc(-c6ccc7c(c6)c6ccccc6n7-c6ccccc6)c6ccccc6c5cc43)cc2)cc1.c1ccc(-c2nc(-c3ccccc3)nc(-c3cccc(-n4c5ccccc5c5cc6cc(-c7ccc8c(c7)c7ccccc7n8-c7ccccc7)c7ccccc7c6cc54)c3)n2)cc1. The first-order chi connectivity index (χ1) is 57.5. The van der Waals surface area contributed by atoms with Gasteiger partial charge in [-0.1, -0.05) is 285 Å². The standard InChI is InChI=1S/C59H37N5.C50H32N2/c1-4-17-38(18-5-1)57-60-58(39-19-6-2-7-20-39)62-59(61-57)41-21-16-24-44(33-41)64-54-30-15-13-28-48(54)52-36-42-35-49(45-25-10-11-26-46(45)50(42)37-56(52)64)40-31-32-55-51(34-40)47-27-12-14-29-53(47)63(55)43-22-8-3-9-23-43;1-3-13-33(14-4-1)34-23-26-38(27-24-34)52-48-22-12-10-20-42(48)46-31-36-30-43(39-17-7-8-18-40(39)44(36)32-50(46)52)35-25-28-49-45(29-35)41-19-9-11-21-47(41)51(49)37-15-5-2-6-16-37/h1-37H;1-32H. The molecule has 7 heteroatoms. The van der Waals surface area contributed by atoms with Crippen LogP contribution in [-0.2, 0) is 0 Å². The van der Waals surface area contributed by atoms with E-state index in [0.29, 0.717) is 17.5 Å². The van der Waals surface area contributed by atoms with Gasteiger partial charge in [0.25, 0.3) is 0 Å². The number of fused-ring (bicyclic) bond motifs is 18. The Balaban J connectivity index is 0.000000140. The van der Waals surface area contributed by atoms with Gasteiger partial charge in [0.15, 0.2) is 17.5 Å². The third kappa shape index (κ3) is 10.9. The average Bonchev–Trinajstić information content (AvgIpc) is 1.53. The van der Waals surface area contributed by atoms with Gasteiger partial charge >= 0.3 is 0 Å². The summed E-state index contributed by atoms with van der Waals surface area (Å²) in [5.41, 5.74) is 24.2. The largest absolute Gasteiger partial charge is 0.309 e. The summed E-state index contributed by atoms with van der Waals surface area (Å²) in [5.74, 6) is 1.91. The van der Waals surface area contributed by atoms with E-state index in [9.17, 15) is 0 Å². The molecule has 0 saturated carbocycles. The van der Waals surface area contributed by atoms with Crippen LogP contribution in [0.25, 0.3) is 221 Å². The van der Waals surface area contributed by atoms with Gasteiger partial charge in [-0.3, -0.25) is 0 Å². The lowest BCUT2D eigenvalue weighted by Gasteiger charge is -2.14. The molecule has 0 saturated heterocycles. The number of rotatable bonds is 10. The molecular weight excluding hydrogens is 1410 g/mol. The summed E-state index contributed by atoms with van der Waals surface area (Å²) in [4.78, 5) is 15.1. The molecule has 0 unspecified atom stereocenters. The van der Waals surface area contributed by atoms with Gasteiger partial charge in [-0.05, 0) is 210 Å². The van der Waals surface area contributed by atoms with E-state index in [-0.39, 0.29) is 0 Å². The second-order valence-corrected chi connectivity index (χ2v) is 30.2.